The van der Waals surface area contributed by atoms with Gasteiger partial charge in [-0.1, -0.05) is 0 Å². The molecule has 5 unspecified atom stereocenters. The second kappa shape index (κ2) is 5.17. The van der Waals surface area contributed by atoms with Gasteiger partial charge in [0.1, 0.15) is 24.4 Å². The molecule has 0 radical (unpaired) electrons. The number of aromatic nitrogens is 2. The van der Waals surface area contributed by atoms with Crippen LogP contribution in [0.2, 0.25) is 0 Å². The number of hydrogen-bond donors (Lipinski definition) is 5. The van der Waals surface area contributed by atoms with Gasteiger partial charge in [-0.05, 0) is 0 Å². The molecule has 1 aliphatic heterocycles. The van der Waals surface area contributed by atoms with Crippen molar-refractivity contribution in [2.45, 2.75) is 30.6 Å². The molecular formula is C10H13N3O7. The Hall–Kier alpha value is -2.01. The number of nitrogens with two attached hydrogens (primary N) is 1. The van der Waals surface area contributed by atoms with Gasteiger partial charge in [0.2, 0.25) is 0 Å². The molecular weight excluding hydrogens is 274 g/mol. The van der Waals surface area contributed by atoms with Crippen molar-refractivity contribution in [3.63, 3.8) is 0 Å². The molecule has 1 aromatic rings. The van der Waals surface area contributed by atoms with E-state index in [2.05, 4.69) is 4.98 Å². The molecule has 2 rings (SSSR count). The SMILES string of the molecule is NC(C(=O)O)C1OC(n2cc(C=O)[nH]c2=O)C(O)C1O. The van der Waals surface area contributed by atoms with Crippen LogP contribution in [-0.2, 0) is 9.53 Å². The van der Waals surface area contributed by atoms with Gasteiger partial charge >= 0.3 is 11.7 Å². The third-order valence-corrected chi connectivity index (χ3v) is 3.08. The lowest BCUT2D eigenvalue weighted by molar-refractivity contribution is -0.144. The molecule has 1 fully saturated rings. The number of aliphatic hydroxyl groups is 2. The largest absolute Gasteiger partial charge is 0.480 e. The summed E-state index contributed by atoms with van der Waals surface area (Å²) in [6.07, 6.45) is -4.38. The molecule has 0 amide bonds. The van der Waals surface area contributed by atoms with Crippen LogP contribution in [0.15, 0.2) is 11.0 Å². The third-order valence-electron chi connectivity index (χ3n) is 3.08. The minimum atomic E-state index is -1.58. The predicted molar refractivity (Wildman–Crippen MR) is 62.0 cm³/mol. The molecule has 10 heteroatoms. The van der Waals surface area contributed by atoms with Crippen LogP contribution in [0.5, 0.6) is 0 Å². The van der Waals surface area contributed by atoms with Crippen LogP contribution in [0.25, 0.3) is 0 Å². The molecule has 0 spiro atoms. The van der Waals surface area contributed by atoms with Gasteiger partial charge in [0, 0.05) is 6.20 Å². The van der Waals surface area contributed by atoms with Gasteiger partial charge in [0.05, 0.1) is 5.69 Å². The summed E-state index contributed by atoms with van der Waals surface area (Å²) in [7, 11) is 0. The van der Waals surface area contributed by atoms with Gasteiger partial charge < -0.3 is 30.8 Å². The molecule has 1 aliphatic rings. The third kappa shape index (κ3) is 2.25. The number of carbonyl (C=O) groups is 2. The Morgan fingerprint density at radius 3 is 2.65 bits per heavy atom. The van der Waals surface area contributed by atoms with E-state index in [1.807, 2.05) is 0 Å². The average molecular weight is 287 g/mol. The summed E-state index contributed by atoms with van der Waals surface area (Å²) in [6, 6.07) is -1.56. The van der Waals surface area contributed by atoms with E-state index in [0.717, 1.165) is 10.8 Å². The Bertz CT molecular complexity index is 580. The lowest BCUT2D eigenvalue weighted by atomic mass is 10.0. The van der Waals surface area contributed by atoms with E-state index < -0.39 is 42.2 Å². The van der Waals surface area contributed by atoms with Gasteiger partial charge in [-0.15, -0.1) is 0 Å². The minimum Gasteiger partial charge on any atom is -0.480 e. The number of imidazole rings is 1. The first-order valence-electron chi connectivity index (χ1n) is 5.63. The molecule has 0 aliphatic carbocycles. The molecule has 1 saturated heterocycles. The van der Waals surface area contributed by atoms with Gasteiger partial charge in [-0.2, -0.15) is 0 Å². The normalized spacial score (nSPS) is 31.1. The maximum absolute atomic E-state index is 11.6. The first kappa shape index (κ1) is 14.4. The van der Waals surface area contributed by atoms with Crippen LogP contribution in [0, 0.1) is 0 Å². The monoisotopic (exact) mass is 287 g/mol. The number of carboxylic acid groups (broad SMARTS) is 1. The predicted octanol–water partition coefficient (Wildman–Crippen LogP) is -2.98. The van der Waals surface area contributed by atoms with E-state index in [-0.39, 0.29) is 5.69 Å². The Morgan fingerprint density at radius 1 is 1.50 bits per heavy atom. The highest BCUT2D eigenvalue weighted by molar-refractivity contribution is 5.74. The van der Waals surface area contributed by atoms with Crippen molar-refractivity contribution in [2.75, 3.05) is 0 Å². The number of nitrogens with zero attached hydrogens (tertiary/aromatic N) is 1. The maximum Gasteiger partial charge on any atom is 0.328 e. The van der Waals surface area contributed by atoms with E-state index in [9.17, 15) is 24.6 Å². The number of nitrogens with one attached hydrogen (secondary N) is 1. The molecule has 2 heterocycles. The Morgan fingerprint density at radius 2 is 2.15 bits per heavy atom. The van der Waals surface area contributed by atoms with Crippen LogP contribution >= 0.6 is 0 Å². The molecule has 20 heavy (non-hydrogen) atoms. The van der Waals surface area contributed by atoms with Crippen molar-refractivity contribution in [1.82, 2.24) is 9.55 Å². The van der Waals surface area contributed by atoms with Crippen LogP contribution < -0.4 is 11.4 Å². The van der Waals surface area contributed by atoms with E-state index in [1.54, 1.807) is 0 Å². The summed E-state index contributed by atoms with van der Waals surface area (Å²) in [5.74, 6) is -1.42. The lowest BCUT2D eigenvalue weighted by Gasteiger charge is -2.17. The number of hydrogen-bond acceptors (Lipinski definition) is 7. The van der Waals surface area contributed by atoms with Crippen molar-refractivity contribution in [2.24, 2.45) is 5.73 Å². The summed E-state index contributed by atoms with van der Waals surface area (Å²) in [4.78, 5) is 35.1. The summed E-state index contributed by atoms with van der Waals surface area (Å²) < 4.78 is 6.01. The highest BCUT2D eigenvalue weighted by atomic mass is 16.6. The minimum absolute atomic E-state index is 0.0497. The number of carboxylic acids is 1. The number of rotatable bonds is 4. The number of aldehydes is 1. The van der Waals surface area contributed by atoms with Gasteiger partial charge in [0.15, 0.2) is 12.5 Å². The fourth-order valence-electron chi connectivity index (χ4n) is 2.03. The van der Waals surface area contributed by atoms with E-state index in [0.29, 0.717) is 6.29 Å². The highest BCUT2D eigenvalue weighted by Crippen LogP contribution is 2.29. The van der Waals surface area contributed by atoms with Crippen LogP contribution in [0.3, 0.4) is 0 Å². The summed E-state index contributed by atoms with van der Waals surface area (Å²) in [5.41, 5.74) is 4.54. The standard InChI is InChI=1S/C10H13N3O7/c11-4(9(17)18)7-5(15)6(16)8(20-7)13-1-3(2-14)12-10(13)19/h1-2,4-8,15-16H,11H2,(H,12,19)(H,17,18). The Balaban J connectivity index is 2.30. The smallest absolute Gasteiger partial charge is 0.328 e. The second-order valence-electron chi connectivity index (χ2n) is 4.38. The lowest BCUT2D eigenvalue weighted by Crippen LogP contribution is -2.48. The number of carbonyl (C=O) groups excluding carboxylic acids is 1. The zero-order valence-corrected chi connectivity index (χ0v) is 10.0. The van der Waals surface area contributed by atoms with Gasteiger partial charge in [-0.25, -0.2) is 4.79 Å². The molecule has 0 bridgehead atoms. The maximum atomic E-state index is 11.6. The molecule has 1 aromatic heterocycles. The number of aromatic amines is 1. The average Bonchev–Trinajstić information content (AvgIpc) is 2.91. The number of ether oxygens (including phenoxy) is 1. The fourth-order valence-corrected chi connectivity index (χ4v) is 2.03. The molecule has 110 valence electrons. The molecule has 0 saturated carbocycles. The van der Waals surface area contributed by atoms with Crippen molar-refractivity contribution in [3.8, 4) is 0 Å². The molecule has 5 atom stereocenters. The van der Waals surface area contributed by atoms with Gasteiger partial charge in [-0.3, -0.25) is 14.2 Å². The van der Waals surface area contributed by atoms with E-state index in [4.69, 9.17) is 15.6 Å². The quantitative estimate of drug-likeness (QED) is 0.365. The Kier molecular flexibility index (Phi) is 3.72. The van der Waals surface area contributed by atoms with E-state index in [1.165, 1.54) is 0 Å². The first-order valence-corrected chi connectivity index (χ1v) is 5.63. The van der Waals surface area contributed by atoms with Crippen molar-refractivity contribution in [3.05, 3.63) is 22.4 Å². The van der Waals surface area contributed by atoms with Crippen molar-refractivity contribution >= 4 is 12.3 Å². The number of aliphatic carboxylic acids is 1. The summed E-state index contributed by atoms with van der Waals surface area (Å²) >= 11 is 0. The van der Waals surface area contributed by atoms with Gasteiger partial charge in [0.25, 0.3) is 0 Å². The van der Waals surface area contributed by atoms with Crippen LogP contribution in [0.4, 0.5) is 0 Å². The zero-order chi connectivity index (χ0) is 15.0. The van der Waals surface area contributed by atoms with E-state index >= 15 is 0 Å². The summed E-state index contributed by atoms with van der Waals surface area (Å²) in [5, 5.41) is 28.4. The molecule has 0 aromatic carbocycles. The number of aliphatic hydroxyl groups excluding tert-OH is 2. The van der Waals surface area contributed by atoms with Crippen molar-refractivity contribution in [1.29, 1.82) is 0 Å². The second-order valence-corrected chi connectivity index (χ2v) is 4.38. The fraction of sp³-hybridized carbons (Fsp3) is 0.500. The zero-order valence-electron chi connectivity index (χ0n) is 10.0. The topological polar surface area (TPSA) is 168 Å². The van der Waals surface area contributed by atoms with Crippen molar-refractivity contribution < 1.29 is 29.6 Å². The molecule has 6 N–H and O–H groups in total. The first-order chi connectivity index (χ1) is 9.36. The molecule has 10 nitrogen and oxygen atoms in total. The van der Waals surface area contributed by atoms with Crippen LogP contribution in [0.1, 0.15) is 16.7 Å². The number of H-pyrrole nitrogens is 1. The summed E-state index contributed by atoms with van der Waals surface area (Å²) in [6.45, 7) is 0. The highest BCUT2D eigenvalue weighted by Gasteiger charge is 2.48. The van der Waals surface area contributed by atoms with Crippen LogP contribution in [-0.4, -0.2) is 61.5 Å². The Labute approximate surface area is 111 Å².